The topological polar surface area (TPSA) is 53.6 Å². The number of ether oxygens (including phenoxy) is 1. The summed E-state index contributed by atoms with van der Waals surface area (Å²) in [7, 11) is 0. The number of hydrogen-bond acceptors (Lipinski definition) is 4. The number of halogens is 2. The Morgan fingerprint density at radius 2 is 2.17 bits per heavy atom. The summed E-state index contributed by atoms with van der Waals surface area (Å²) in [4.78, 5) is 14.3. The molecule has 2 N–H and O–H groups in total. The molecule has 1 aromatic rings. The fourth-order valence-corrected chi connectivity index (χ4v) is 3.41. The summed E-state index contributed by atoms with van der Waals surface area (Å²) in [6.07, 6.45) is 2.74. The van der Waals surface area contributed by atoms with Crippen LogP contribution in [0, 0.1) is 5.92 Å². The van der Waals surface area contributed by atoms with Crippen LogP contribution in [0.3, 0.4) is 0 Å². The van der Waals surface area contributed by atoms with Crippen LogP contribution in [-0.4, -0.2) is 44.7 Å². The summed E-state index contributed by atoms with van der Waals surface area (Å²) in [6, 6.07) is 6.83. The Kier molecular flexibility index (Phi) is 5.50. The van der Waals surface area contributed by atoms with E-state index in [4.69, 9.17) is 0 Å². The van der Waals surface area contributed by atoms with E-state index in [9.17, 15) is 13.6 Å². The van der Waals surface area contributed by atoms with Crippen LogP contribution in [0.5, 0.6) is 5.75 Å². The lowest BCUT2D eigenvalue weighted by Gasteiger charge is -2.25. The van der Waals surface area contributed by atoms with Gasteiger partial charge >= 0.3 is 6.61 Å². The van der Waals surface area contributed by atoms with Gasteiger partial charge in [-0.25, -0.2) is 0 Å². The molecule has 2 aliphatic heterocycles. The quantitative estimate of drug-likeness (QED) is 0.861. The van der Waals surface area contributed by atoms with Crippen LogP contribution in [0.15, 0.2) is 24.3 Å². The first-order valence-corrected chi connectivity index (χ1v) is 8.43. The lowest BCUT2D eigenvalue weighted by molar-refractivity contribution is -0.126. The number of benzene rings is 1. The SMILES string of the molecule is O=C(NC1CCN(c2ccccc2OC(F)F)C1)C1CCCNC1. The number of nitrogens with one attached hydrogen (secondary N) is 2. The van der Waals surface area contributed by atoms with Gasteiger partial charge in [0.1, 0.15) is 5.75 Å². The fraction of sp³-hybridized carbons (Fsp3) is 0.588. The normalized spacial score (nSPS) is 24.2. The molecule has 1 aromatic carbocycles. The molecule has 0 aromatic heterocycles. The van der Waals surface area contributed by atoms with E-state index in [2.05, 4.69) is 15.4 Å². The summed E-state index contributed by atoms with van der Waals surface area (Å²) in [6.45, 7) is 0.172. The second-order valence-corrected chi connectivity index (χ2v) is 6.33. The number of nitrogens with zero attached hydrogens (tertiary/aromatic N) is 1. The van der Waals surface area contributed by atoms with Gasteiger partial charge in [-0.15, -0.1) is 0 Å². The third kappa shape index (κ3) is 4.14. The minimum Gasteiger partial charge on any atom is -0.433 e. The van der Waals surface area contributed by atoms with Crippen molar-refractivity contribution in [1.82, 2.24) is 10.6 Å². The van der Waals surface area contributed by atoms with Crippen molar-refractivity contribution in [3.8, 4) is 5.75 Å². The van der Waals surface area contributed by atoms with Gasteiger partial charge in [-0.1, -0.05) is 12.1 Å². The summed E-state index contributed by atoms with van der Waals surface area (Å²) in [5.41, 5.74) is 0.647. The predicted octanol–water partition coefficient (Wildman–Crippen LogP) is 1.98. The molecular formula is C17H23F2N3O2. The number of rotatable bonds is 5. The lowest BCUT2D eigenvalue weighted by atomic mass is 9.98. The fourth-order valence-electron chi connectivity index (χ4n) is 3.41. The van der Waals surface area contributed by atoms with Crippen molar-refractivity contribution < 1.29 is 18.3 Å². The molecule has 24 heavy (non-hydrogen) atoms. The van der Waals surface area contributed by atoms with Crippen LogP contribution >= 0.6 is 0 Å². The smallest absolute Gasteiger partial charge is 0.387 e. The molecule has 0 bridgehead atoms. The molecule has 2 heterocycles. The first-order valence-electron chi connectivity index (χ1n) is 8.43. The van der Waals surface area contributed by atoms with E-state index >= 15 is 0 Å². The van der Waals surface area contributed by atoms with Crippen molar-refractivity contribution in [3.05, 3.63) is 24.3 Å². The summed E-state index contributed by atoms with van der Waals surface area (Å²) >= 11 is 0. The number of alkyl halides is 2. The highest BCUT2D eigenvalue weighted by molar-refractivity contribution is 5.79. The molecule has 2 fully saturated rings. The zero-order chi connectivity index (χ0) is 16.9. The largest absolute Gasteiger partial charge is 0.433 e. The maximum Gasteiger partial charge on any atom is 0.387 e. The number of piperidine rings is 1. The van der Waals surface area contributed by atoms with Crippen LogP contribution in [0.4, 0.5) is 14.5 Å². The Morgan fingerprint density at radius 1 is 1.33 bits per heavy atom. The third-order valence-corrected chi connectivity index (χ3v) is 4.62. The molecule has 2 saturated heterocycles. The summed E-state index contributed by atoms with van der Waals surface area (Å²) in [5.74, 6) is 0.296. The van der Waals surface area contributed by atoms with Gasteiger partial charge in [0.25, 0.3) is 0 Å². The third-order valence-electron chi connectivity index (χ3n) is 4.62. The number of hydrogen-bond donors (Lipinski definition) is 2. The minimum atomic E-state index is -2.84. The van der Waals surface area contributed by atoms with Crippen LogP contribution in [0.1, 0.15) is 19.3 Å². The zero-order valence-corrected chi connectivity index (χ0v) is 13.5. The van der Waals surface area contributed by atoms with E-state index < -0.39 is 6.61 Å². The van der Waals surface area contributed by atoms with Gasteiger partial charge < -0.3 is 20.3 Å². The maximum atomic E-state index is 12.5. The minimum absolute atomic E-state index is 0.0299. The van der Waals surface area contributed by atoms with Gasteiger partial charge in [-0.3, -0.25) is 4.79 Å². The van der Waals surface area contributed by atoms with Gasteiger partial charge in [0, 0.05) is 25.7 Å². The highest BCUT2D eigenvalue weighted by atomic mass is 19.3. The van der Waals surface area contributed by atoms with Gasteiger partial charge in [0.05, 0.1) is 11.6 Å². The molecule has 2 aliphatic rings. The highest BCUT2D eigenvalue weighted by Gasteiger charge is 2.29. The van der Waals surface area contributed by atoms with Gasteiger partial charge in [0.15, 0.2) is 0 Å². The highest BCUT2D eigenvalue weighted by Crippen LogP contribution is 2.31. The van der Waals surface area contributed by atoms with E-state index in [1.165, 1.54) is 0 Å². The van der Waals surface area contributed by atoms with E-state index in [0.29, 0.717) is 18.8 Å². The Labute approximate surface area is 140 Å². The number of carbonyl (C=O) groups is 1. The standard InChI is InChI=1S/C17H23F2N3O2/c18-17(19)24-15-6-2-1-5-14(15)22-9-7-13(11-22)21-16(23)12-4-3-8-20-10-12/h1-2,5-6,12-13,17,20H,3-4,7-11H2,(H,21,23). The van der Waals surface area contributed by atoms with Gasteiger partial charge in [-0.2, -0.15) is 8.78 Å². The van der Waals surface area contributed by atoms with Crippen molar-refractivity contribution in [2.75, 3.05) is 31.1 Å². The molecule has 132 valence electrons. The molecular weight excluding hydrogens is 316 g/mol. The van der Waals surface area contributed by atoms with E-state index in [1.54, 1.807) is 24.3 Å². The monoisotopic (exact) mass is 339 g/mol. The molecule has 2 unspecified atom stereocenters. The zero-order valence-electron chi connectivity index (χ0n) is 13.5. The molecule has 0 saturated carbocycles. The van der Waals surface area contributed by atoms with E-state index in [0.717, 1.165) is 32.4 Å². The summed E-state index contributed by atoms with van der Waals surface area (Å²) < 4.78 is 29.7. The van der Waals surface area contributed by atoms with Crippen molar-refractivity contribution in [2.24, 2.45) is 5.92 Å². The van der Waals surface area contributed by atoms with Crippen LogP contribution in [0.2, 0.25) is 0 Å². The second kappa shape index (κ2) is 7.79. The van der Waals surface area contributed by atoms with Gasteiger partial charge in [0.2, 0.25) is 5.91 Å². The molecule has 5 nitrogen and oxygen atoms in total. The van der Waals surface area contributed by atoms with Crippen molar-refractivity contribution >= 4 is 11.6 Å². The first-order chi connectivity index (χ1) is 11.6. The number of amides is 1. The maximum absolute atomic E-state index is 12.5. The van der Waals surface area contributed by atoms with E-state index in [1.807, 2.05) is 4.90 Å². The first kappa shape index (κ1) is 17.0. The van der Waals surface area contributed by atoms with E-state index in [-0.39, 0.29) is 23.6 Å². The molecule has 3 rings (SSSR count). The van der Waals surface area contributed by atoms with Crippen LogP contribution in [0.25, 0.3) is 0 Å². The predicted molar refractivity (Wildman–Crippen MR) is 87.4 cm³/mol. The second-order valence-electron chi connectivity index (χ2n) is 6.33. The Balaban J connectivity index is 1.58. The molecule has 7 heteroatoms. The molecule has 1 amide bonds. The van der Waals surface area contributed by atoms with Crippen LogP contribution < -0.4 is 20.3 Å². The molecule has 0 aliphatic carbocycles. The average Bonchev–Trinajstić information content (AvgIpc) is 3.04. The Morgan fingerprint density at radius 3 is 2.92 bits per heavy atom. The molecule has 0 radical (unpaired) electrons. The number of anilines is 1. The number of para-hydroxylation sites is 2. The Bertz CT molecular complexity index is 565. The molecule has 0 spiro atoms. The van der Waals surface area contributed by atoms with Gasteiger partial charge in [-0.05, 0) is 37.9 Å². The van der Waals surface area contributed by atoms with Crippen LogP contribution in [-0.2, 0) is 4.79 Å². The number of carbonyl (C=O) groups excluding carboxylic acids is 1. The summed E-state index contributed by atoms with van der Waals surface area (Å²) in [5, 5.41) is 6.34. The van der Waals surface area contributed by atoms with Crippen molar-refractivity contribution in [1.29, 1.82) is 0 Å². The van der Waals surface area contributed by atoms with Crippen molar-refractivity contribution in [2.45, 2.75) is 31.9 Å². The molecule has 2 atom stereocenters. The van der Waals surface area contributed by atoms with Crippen molar-refractivity contribution in [3.63, 3.8) is 0 Å². The average molecular weight is 339 g/mol. The lowest BCUT2D eigenvalue weighted by Crippen LogP contribution is -2.45. The Hall–Kier alpha value is -1.89.